The molecular weight excluding hydrogens is 330 g/mol. The summed E-state index contributed by atoms with van der Waals surface area (Å²) in [4.78, 5) is 26.3. The van der Waals surface area contributed by atoms with E-state index in [0.717, 1.165) is 15.6 Å². The number of imide groups is 1. The van der Waals surface area contributed by atoms with E-state index in [1.54, 1.807) is 6.07 Å². The Morgan fingerprint density at radius 2 is 1.86 bits per heavy atom. The van der Waals surface area contributed by atoms with Crippen molar-refractivity contribution in [1.82, 2.24) is 4.90 Å². The van der Waals surface area contributed by atoms with E-state index in [-0.39, 0.29) is 24.3 Å². The van der Waals surface area contributed by atoms with Gasteiger partial charge in [-0.1, -0.05) is 46.3 Å². The van der Waals surface area contributed by atoms with Crippen LogP contribution in [0.3, 0.4) is 0 Å². The van der Waals surface area contributed by atoms with Crippen molar-refractivity contribution < 1.29 is 9.59 Å². The Balaban J connectivity index is 1.99. The maximum absolute atomic E-state index is 12.6. The monoisotopic (exact) mass is 343 g/mol. The average molecular weight is 344 g/mol. The van der Waals surface area contributed by atoms with Gasteiger partial charge in [-0.2, -0.15) is 0 Å². The fraction of sp³-hybridized carbons (Fsp3) is 0.176. The van der Waals surface area contributed by atoms with E-state index in [1.807, 2.05) is 49.4 Å². The lowest BCUT2D eigenvalue weighted by atomic mass is 9.96. The van der Waals surface area contributed by atoms with Crippen LogP contribution in [0.2, 0.25) is 0 Å². The van der Waals surface area contributed by atoms with Gasteiger partial charge < -0.3 is 0 Å². The summed E-state index contributed by atoms with van der Waals surface area (Å²) in [6.45, 7) is 1.88. The summed E-state index contributed by atoms with van der Waals surface area (Å²) in [5.74, 6) is -0.361. The molecule has 2 aromatic carbocycles. The van der Waals surface area contributed by atoms with Crippen molar-refractivity contribution in [1.29, 1.82) is 0 Å². The summed E-state index contributed by atoms with van der Waals surface area (Å²) in [5.41, 5.74) is 2.37. The molecule has 0 fully saturated rings. The molecule has 1 unspecified atom stereocenters. The van der Waals surface area contributed by atoms with Crippen molar-refractivity contribution in [3.63, 3.8) is 0 Å². The predicted molar refractivity (Wildman–Crippen MR) is 83.9 cm³/mol. The average Bonchev–Trinajstić information content (AvgIpc) is 2.47. The lowest BCUT2D eigenvalue weighted by Crippen LogP contribution is -2.43. The first-order valence-electron chi connectivity index (χ1n) is 6.77. The normalized spacial score (nSPS) is 15.8. The molecule has 2 aromatic rings. The molecule has 106 valence electrons. The highest BCUT2D eigenvalue weighted by molar-refractivity contribution is 9.10. The number of hydrogen-bond acceptors (Lipinski definition) is 2. The number of nitrogens with zero attached hydrogens (tertiary/aromatic N) is 1. The number of fused-ring (bicyclic) bond motifs is 1. The fourth-order valence-corrected chi connectivity index (χ4v) is 3.10. The smallest absolute Gasteiger partial charge is 0.261 e. The molecule has 0 aliphatic carbocycles. The zero-order chi connectivity index (χ0) is 15.0. The number of carbonyl (C=O) groups is 2. The fourth-order valence-electron chi connectivity index (χ4n) is 2.68. The van der Waals surface area contributed by atoms with Gasteiger partial charge in [0.05, 0.1) is 12.5 Å². The Morgan fingerprint density at radius 1 is 1.10 bits per heavy atom. The maximum atomic E-state index is 12.6. The first-order valence-corrected chi connectivity index (χ1v) is 7.57. The standard InChI is InChI=1S/C17H14BrNO2/c1-11(12-6-4-7-14(18)9-12)19-16(20)10-13-5-2-3-8-15(13)17(19)21/h2-9,11H,10H2,1H3. The number of rotatable bonds is 2. The quantitative estimate of drug-likeness (QED) is 0.779. The van der Waals surface area contributed by atoms with Crippen molar-refractivity contribution in [2.24, 2.45) is 0 Å². The van der Waals surface area contributed by atoms with Gasteiger partial charge in [-0.05, 0) is 36.2 Å². The molecule has 1 aliphatic heterocycles. The minimum atomic E-state index is -0.282. The molecular formula is C17H14BrNO2. The van der Waals surface area contributed by atoms with Crippen molar-refractivity contribution in [3.8, 4) is 0 Å². The van der Waals surface area contributed by atoms with E-state index in [4.69, 9.17) is 0 Å². The molecule has 0 spiro atoms. The first kappa shape index (κ1) is 14.0. The molecule has 1 atom stereocenters. The Kier molecular flexibility index (Phi) is 3.64. The van der Waals surface area contributed by atoms with E-state index in [9.17, 15) is 9.59 Å². The van der Waals surface area contributed by atoms with Crippen molar-refractivity contribution in [2.45, 2.75) is 19.4 Å². The van der Waals surface area contributed by atoms with Gasteiger partial charge in [0.25, 0.3) is 5.91 Å². The third-order valence-corrected chi connectivity index (χ3v) is 4.29. The molecule has 0 saturated heterocycles. The minimum Gasteiger partial charge on any atom is -0.274 e. The highest BCUT2D eigenvalue weighted by atomic mass is 79.9. The second-order valence-electron chi connectivity index (χ2n) is 5.13. The van der Waals surface area contributed by atoms with Crippen molar-refractivity contribution in [2.75, 3.05) is 0 Å². The van der Waals surface area contributed by atoms with E-state index in [1.165, 1.54) is 4.90 Å². The lowest BCUT2D eigenvalue weighted by molar-refractivity contribution is -0.130. The summed E-state index contributed by atoms with van der Waals surface area (Å²) in [6.07, 6.45) is 0.278. The van der Waals surface area contributed by atoms with Gasteiger partial charge in [-0.3, -0.25) is 14.5 Å². The van der Waals surface area contributed by atoms with E-state index < -0.39 is 0 Å². The molecule has 4 heteroatoms. The molecule has 3 rings (SSSR count). The third kappa shape index (κ3) is 2.51. The summed E-state index contributed by atoms with van der Waals surface area (Å²) in [5, 5.41) is 0. The number of carbonyl (C=O) groups excluding carboxylic acids is 2. The molecule has 1 heterocycles. The van der Waals surface area contributed by atoms with Gasteiger partial charge in [0.15, 0.2) is 0 Å². The first-order chi connectivity index (χ1) is 10.1. The minimum absolute atomic E-state index is 0.147. The molecule has 2 amide bonds. The highest BCUT2D eigenvalue weighted by Gasteiger charge is 2.34. The molecule has 0 saturated carbocycles. The largest absolute Gasteiger partial charge is 0.274 e. The number of amides is 2. The van der Waals surface area contributed by atoms with Crippen LogP contribution < -0.4 is 0 Å². The molecule has 0 N–H and O–H groups in total. The van der Waals surface area contributed by atoms with Crippen LogP contribution >= 0.6 is 15.9 Å². The number of halogens is 1. The Labute approximate surface area is 131 Å². The van der Waals surface area contributed by atoms with Gasteiger partial charge in [-0.15, -0.1) is 0 Å². The molecule has 0 aromatic heterocycles. The van der Waals surface area contributed by atoms with Crippen LogP contribution in [0, 0.1) is 0 Å². The Bertz CT molecular complexity index is 726. The second-order valence-corrected chi connectivity index (χ2v) is 6.05. The Hall–Kier alpha value is -1.94. The maximum Gasteiger partial charge on any atom is 0.261 e. The third-order valence-electron chi connectivity index (χ3n) is 3.80. The molecule has 1 aliphatic rings. The zero-order valence-corrected chi connectivity index (χ0v) is 13.1. The lowest BCUT2D eigenvalue weighted by Gasteiger charge is -2.32. The van der Waals surface area contributed by atoms with Crippen LogP contribution in [0.4, 0.5) is 0 Å². The molecule has 3 nitrogen and oxygen atoms in total. The van der Waals surface area contributed by atoms with E-state index >= 15 is 0 Å². The van der Waals surface area contributed by atoms with E-state index in [2.05, 4.69) is 15.9 Å². The predicted octanol–water partition coefficient (Wildman–Crippen LogP) is 3.74. The number of hydrogen-bond donors (Lipinski definition) is 0. The summed E-state index contributed by atoms with van der Waals surface area (Å²) in [6, 6.07) is 14.7. The topological polar surface area (TPSA) is 37.4 Å². The van der Waals surface area contributed by atoms with Crippen LogP contribution in [-0.4, -0.2) is 16.7 Å². The summed E-state index contributed by atoms with van der Waals surface area (Å²) >= 11 is 3.42. The van der Waals surface area contributed by atoms with Gasteiger partial charge in [0.1, 0.15) is 0 Å². The van der Waals surface area contributed by atoms with Gasteiger partial charge in [-0.25, -0.2) is 0 Å². The van der Waals surface area contributed by atoms with E-state index in [0.29, 0.717) is 5.56 Å². The number of benzene rings is 2. The van der Waals surface area contributed by atoms with Crippen molar-refractivity contribution in [3.05, 3.63) is 69.7 Å². The Morgan fingerprint density at radius 3 is 2.62 bits per heavy atom. The van der Waals surface area contributed by atoms with Gasteiger partial charge >= 0.3 is 0 Å². The van der Waals surface area contributed by atoms with Gasteiger partial charge in [0, 0.05) is 10.0 Å². The van der Waals surface area contributed by atoms with Crippen LogP contribution in [-0.2, 0) is 11.2 Å². The van der Waals surface area contributed by atoms with Gasteiger partial charge in [0.2, 0.25) is 5.91 Å². The SMILES string of the molecule is CC(c1cccc(Br)c1)N1C(=O)Cc2ccccc2C1=O. The summed E-state index contributed by atoms with van der Waals surface area (Å²) in [7, 11) is 0. The van der Waals surface area contributed by atoms with Crippen LogP contribution in [0.5, 0.6) is 0 Å². The summed E-state index contributed by atoms with van der Waals surface area (Å²) < 4.78 is 0.934. The molecule has 0 bridgehead atoms. The molecule has 0 radical (unpaired) electrons. The van der Waals surface area contributed by atoms with Crippen LogP contribution in [0.15, 0.2) is 53.0 Å². The zero-order valence-electron chi connectivity index (χ0n) is 11.5. The molecule has 21 heavy (non-hydrogen) atoms. The van der Waals surface area contributed by atoms with Crippen LogP contribution in [0.1, 0.15) is 34.5 Å². The highest BCUT2D eigenvalue weighted by Crippen LogP contribution is 2.29. The second kappa shape index (κ2) is 5.45. The van der Waals surface area contributed by atoms with Crippen LogP contribution in [0.25, 0.3) is 0 Å². The van der Waals surface area contributed by atoms with Crippen molar-refractivity contribution >= 4 is 27.7 Å².